The molecule has 1 saturated carbocycles. The number of amides is 1. The van der Waals surface area contributed by atoms with Crippen molar-refractivity contribution in [3.8, 4) is 0 Å². The molecule has 1 aromatic carbocycles. The maximum Gasteiger partial charge on any atom is 0.410 e. The summed E-state index contributed by atoms with van der Waals surface area (Å²) in [7, 11) is 0. The lowest BCUT2D eigenvalue weighted by Crippen LogP contribution is -2.50. The molecule has 1 aliphatic carbocycles. The number of rotatable bonds is 1. The van der Waals surface area contributed by atoms with Crippen molar-refractivity contribution in [1.29, 1.82) is 0 Å². The topological polar surface area (TPSA) is 47.4 Å². The predicted octanol–water partition coefficient (Wildman–Crippen LogP) is 5.46. The number of benzene rings is 1. The van der Waals surface area contributed by atoms with Crippen molar-refractivity contribution in [1.82, 2.24) is 14.7 Å². The molecule has 0 unspecified atom stereocenters. The first-order valence-electron chi connectivity index (χ1n) is 9.77. The van der Waals surface area contributed by atoms with Crippen LogP contribution in [0.1, 0.15) is 58.1 Å². The van der Waals surface area contributed by atoms with Crippen LogP contribution >= 0.6 is 15.9 Å². The van der Waals surface area contributed by atoms with E-state index in [1.807, 2.05) is 25.7 Å². The van der Waals surface area contributed by atoms with E-state index in [9.17, 15) is 4.79 Å². The van der Waals surface area contributed by atoms with Gasteiger partial charge in [-0.25, -0.2) is 4.79 Å². The second kappa shape index (κ2) is 6.50. The van der Waals surface area contributed by atoms with Crippen molar-refractivity contribution in [3.05, 3.63) is 28.4 Å². The fourth-order valence-corrected chi connectivity index (χ4v) is 4.72. The molecular weight excluding hydrogens is 406 g/mol. The minimum Gasteiger partial charge on any atom is -0.444 e. The second-order valence-electron chi connectivity index (χ2n) is 9.30. The SMILES string of the molecule is Cc1cc2cn(C3CC4(CCN(C(=O)OC(C)(C)C)CC4)C3)nc2cc1Br. The molecule has 2 heterocycles. The van der Waals surface area contributed by atoms with E-state index in [0.29, 0.717) is 11.5 Å². The lowest BCUT2D eigenvalue weighted by Gasteiger charge is -2.52. The van der Waals surface area contributed by atoms with Gasteiger partial charge >= 0.3 is 6.09 Å². The Kier molecular flexibility index (Phi) is 4.53. The Labute approximate surface area is 169 Å². The molecule has 4 rings (SSSR count). The summed E-state index contributed by atoms with van der Waals surface area (Å²) < 4.78 is 8.78. The third kappa shape index (κ3) is 3.73. The summed E-state index contributed by atoms with van der Waals surface area (Å²) in [5, 5.41) is 6.01. The van der Waals surface area contributed by atoms with Gasteiger partial charge in [0.1, 0.15) is 5.60 Å². The van der Waals surface area contributed by atoms with Crippen molar-refractivity contribution >= 4 is 32.9 Å². The van der Waals surface area contributed by atoms with Gasteiger partial charge < -0.3 is 9.64 Å². The zero-order chi connectivity index (χ0) is 19.4. The van der Waals surface area contributed by atoms with Gasteiger partial charge in [0.15, 0.2) is 0 Å². The van der Waals surface area contributed by atoms with Crippen LogP contribution in [0.4, 0.5) is 4.79 Å². The highest BCUT2D eigenvalue weighted by atomic mass is 79.9. The van der Waals surface area contributed by atoms with Crippen molar-refractivity contribution < 1.29 is 9.53 Å². The van der Waals surface area contributed by atoms with Crippen LogP contribution in [-0.2, 0) is 4.74 Å². The Balaban J connectivity index is 1.37. The number of piperidine rings is 1. The summed E-state index contributed by atoms with van der Waals surface area (Å²) in [6.07, 6.45) is 6.45. The molecule has 1 saturated heterocycles. The quantitative estimate of drug-likeness (QED) is 0.599. The molecule has 6 heteroatoms. The number of fused-ring (bicyclic) bond motifs is 1. The maximum atomic E-state index is 12.3. The van der Waals surface area contributed by atoms with E-state index in [-0.39, 0.29) is 6.09 Å². The van der Waals surface area contributed by atoms with Gasteiger partial charge in [0.05, 0.1) is 11.6 Å². The highest BCUT2D eigenvalue weighted by molar-refractivity contribution is 9.10. The van der Waals surface area contributed by atoms with Crippen LogP contribution in [0.25, 0.3) is 10.9 Å². The minimum atomic E-state index is -0.427. The Morgan fingerprint density at radius 1 is 1.26 bits per heavy atom. The average molecular weight is 434 g/mol. The highest BCUT2D eigenvalue weighted by Gasteiger charge is 2.47. The van der Waals surface area contributed by atoms with Gasteiger partial charge in [-0.05, 0) is 76.5 Å². The zero-order valence-electron chi connectivity index (χ0n) is 16.6. The summed E-state index contributed by atoms with van der Waals surface area (Å²) in [6.45, 7) is 9.46. The van der Waals surface area contributed by atoms with Crippen LogP contribution in [0.15, 0.2) is 22.8 Å². The van der Waals surface area contributed by atoms with Gasteiger partial charge in [0.2, 0.25) is 0 Å². The van der Waals surface area contributed by atoms with Crippen LogP contribution < -0.4 is 0 Å². The number of aromatic nitrogens is 2. The fourth-order valence-electron chi connectivity index (χ4n) is 4.39. The van der Waals surface area contributed by atoms with E-state index >= 15 is 0 Å². The van der Waals surface area contributed by atoms with Crippen molar-refractivity contribution in [2.45, 2.75) is 65.0 Å². The molecule has 5 nitrogen and oxygen atoms in total. The third-order valence-electron chi connectivity index (χ3n) is 5.99. The summed E-state index contributed by atoms with van der Waals surface area (Å²) in [4.78, 5) is 14.1. The number of nitrogens with zero attached hydrogens (tertiary/aromatic N) is 3. The molecule has 1 amide bonds. The Hall–Kier alpha value is -1.56. The number of aryl methyl sites for hydroxylation is 1. The summed E-state index contributed by atoms with van der Waals surface area (Å²) in [5.41, 5.74) is 2.23. The van der Waals surface area contributed by atoms with Gasteiger partial charge in [-0.2, -0.15) is 5.10 Å². The van der Waals surface area contributed by atoms with E-state index in [0.717, 1.165) is 48.8 Å². The van der Waals surface area contributed by atoms with E-state index in [1.165, 1.54) is 10.9 Å². The maximum absolute atomic E-state index is 12.3. The molecule has 0 N–H and O–H groups in total. The lowest BCUT2D eigenvalue weighted by atomic mass is 9.60. The number of hydrogen-bond donors (Lipinski definition) is 0. The van der Waals surface area contributed by atoms with E-state index < -0.39 is 5.60 Å². The van der Waals surface area contributed by atoms with Gasteiger partial charge in [0.25, 0.3) is 0 Å². The van der Waals surface area contributed by atoms with Crippen LogP contribution in [0.5, 0.6) is 0 Å². The molecule has 0 atom stereocenters. The number of ether oxygens (including phenoxy) is 1. The smallest absolute Gasteiger partial charge is 0.410 e. The van der Waals surface area contributed by atoms with Gasteiger partial charge in [0, 0.05) is 29.1 Å². The molecule has 2 fully saturated rings. The highest BCUT2D eigenvalue weighted by Crippen LogP contribution is 2.54. The van der Waals surface area contributed by atoms with Crippen LogP contribution in [0.3, 0.4) is 0 Å². The zero-order valence-corrected chi connectivity index (χ0v) is 18.2. The van der Waals surface area contributed by atoms with Crippen LogP contribution in [-0.4, -0.2) is 39.5 Å². The summed E-state index contributed by atoms with van der Waals surface area (Å²) in [6, 6.07) is 4.77. The third-order valence-corrected chi connectivity index (χ3v) is 6.84. The van der Waals surface area contributed by atoms with Crippen molar-refractivity contribution in [3.63, 3.8) is 0 Å². The standard InChI is InChI=1S/C21H28BrN3O2/c1-14-9-15-13-25(23-18(15)10-17(14)22)16-11-21(12-16)5-7-24(8-6-21)19(26)27-20(2,3)4/h9-10,13,16H,5-8,11-12H2,1-4H3. The second-order valence-corrected chi connectivity index (χ2v) is 10.2. The van der Waals surface area contributed by atoms with Crippen molar-refractivity contribution in [2.75, 3.05) is 13.1 Å². The van der Waals surface area contributed by atoms with Crippen LogP contribution in [0, 0.1) is 12.3 Å². The first kappa shape index (κ1) is 18.8. The van der Waals surface area contributed by atoms with E-state index in [2.05, 4.69) is 45.9 Å². The number of carbonyl (C=O) groups excluding carboxylic acids is 1. The van der Waals surface area contributed by atoms with E-state index in [4.69, 9.17) is 9.84 Å². The number of halogens is 1. The molecule has 27 heavy (non-hydrogen) atoms. The first-order chi connectivity index (χ1) is 12.6. The van der Waals surface area contributed by atoms with Gasteiger partial charge in [-0.3, -0.25) is 4.68 Å². The number of hydrogen-bond acceptors (Lipinski definition) is 3. The normalized spacial score (nSPS) is 20.1. The summed E-state index contributed by atoms with van der Waals surface area (Å²) in [5.74, 6) is 0. The molecule has 1 aromatic heterocycles. The lowest BCUT2D eigenvalue weighted by molar-refractivity contribution is -0.0257. The van der Waals surface area contributed by atoms with E-state index in [1.54, 1.807) is 0 Å². The Morgan fingerprint density at radius 3 is 2.56 bits per heavy atom. The number of carbonyl (C=O) groups is 1. The molecule has 2 aromatic rings. The predicted molar refractivity (Wildman–Crippen MR) is 110 cm³/mol. The van der Waals surface area contributed by atoms with Crippen LogP contribution in [0.2, 0.25) is 0 Å². The Bertz CT molecular complexity index is 828. The molecular formula is C21H28BrN3O2. The minimum absolute atomic E-state index is 0.174. The molecule has 0 radical (unpaired) electrons. The van der Waals surface area contributed by atoms with Gasteiger partial charge in [-0.1, -0.05) is 15.9 Å². The molecule has 1 spiro atoms. The molecule has 1 aliphatic heterocycles. The number of likely N-dealkylation sites (tertiary alicyclic amines) is 1. The van der Waals surface area contributed by atoms with Crippen molar-refractivity contribution in [2.24, 2.45) is 5.41 Å². The Morgan fingerprint density at radius 2 is 1.93 bits per heavy atom. The fraction of sp³-hybridized carbons (Fsp3) is 0.619. The molecule has 0 bridgehead atoms. The molecule has 2 aliphatic rings. The largest absolute Gasteiger partial charge is 0.444 e. The first-order valence-corrected chi connectivity index (χ1v) is 10.6. The van der Waals surface area contributed by atoms with Gasteiger partial charge in [-0.15, -0.1) is 0 Å². The molecule has 146 valence electrons. The monoisotopic (exact) mass is 433 g/mol. The average Bonchev–Trinajstić information content (AvgIpc) is 2.94. The summed E-state index contributed by atoms with van der Waals surface area (Å²) >= 11 is 3.59.